The number of nitrogens with zero attached hydrogens (tertiary/aromatic N) is 3. The summed E-state index contributed by atoms with van der Waals surface area (Å²) in [6, 6.07) is 9.75. The first kappa shape index (κ1) is 21.2. The van der Waals surface area contributed by atoms with Crippen LogP contribution in [0.4, 0.5) is 29.2 Å². The van der Waals surface area contributed by atoms with Gasteiger partial charge in [0.05, 0.1) is 11.1 Å². The van der Waals surface area contributed by atoms with Crippen LogP contribution in [-0.4, -0.2) is 27.9 Å². The average molecular weight is 441 g/mol. The van der Waals surface area contributed by atoms with Gasteiger partial charge in [-0.05, 0) is 42.0 Å². The molecule has 4 rings (SSSR count). The maximum Gasteiger partial charge on any atom is 0.416 e. The van der Waals surface area contributed by atoms with Crippen molar-refractivity contribution in [2.24, 2.45) is 0 Å². The number of halogens is 4. The Morgan fingerprint density at radius 2 is 1.78 bits per heavy atom. The first-order chi connectivity index (χ1) is 15.2. The topological polar surface area (TPSA) is 79.8 Å². The van der Waals surface area contributed by atoms with Gasteiger partial charge in [0.15, 0.2) is 5.65 Å². The van der Waals surface area contributed by atoms with E-state index < -0.39 is 23.5 Å². The van der Waals surface area contributed by atoms with Gasteiger partial charge in [-0.15, -0.1) is 0 Å². The predicted octanol–water partition coefficient (Wildman–Crippen LogP) is 5.14. The van der Waals surface area contributed by atoms with E-state index in [1.807, 2.05) is 0 Å². The molecule has 0 aliphatic heterocycles. The number of pyridine rings is 1. The molecule has 0 aliphatic carbocycles. The summed E-state index contributed by atoms with van der Waals surface area (Å²) in [7, 11) is 1.68. The van der Waals surface area contributed by atoms with Gasteiger partial charge in [0.1, 0.15) is 5.82 Å². The number of benzene rings is 2. The number of rotatable bonds is 4. The number of aromatic nitrogens is 3. The molecule has 0 aliphatic rings. The largest absolute Gasteiger partial charge is 0.416 e. The van der Waals surface area contributed by atoms with Crippen LogP contribution in [0.15, 0.2) is 60.9 Å². The number of carbonyl (C=O) groups is 1. The van der Waals surface area contributed by atoms with Crippen molar-refractivity contribution in [1.29, 1.82) is 0 Å². The number of amides is 1. The van der Waals surface area contributed by atoms with Crippen LogP contribution in [0.1, 0.15) is 15.9 Å². The SMILES string of the molecule is CNc1ncc2cc(-c3ccc(F)c(C(=O)Nc4cccc(C(F)(F)F)c4)c3)cnc2n1. The second kappa shape index (κ2) is 8.22. The molecule has 2 aromatic carbocycles. The van der Waals surface area contributed by atoms with Crippen molar-refractivity contribution in [3.05, 3.63) is 77.9 Å². The zero-order chi connectivity index (χ0) is 22.9. The fraction of sp³-hybridized carbons (Fsp3) is 0.0909. The second-order valence-corrected chi connectivity index (χ2v) is 6.81. The van der Waals surface area contributed by atoms with Gasteiger partial charge in [-0.1, -0.05) is 12.1 Å². The molecule has 0 saturated heterocycles. The normalized spacial score (nSPS) is 11.4. The van der Waals surface area contributed by atoms with Crippen molar-refractivity contribution in [3.8, 4) is 11.1 Å². The van der Waals surface area contributed by atoms with E-state index in [4.69, 9.17) is 0 Å². The number of hydrogen-bond donors (Lipinski definition) is 2. The minimum absolute atomic E-state index is 0.0977. The molecule has 0 atom stereocenters. The summed E-state index contributed by atoms with van der Waals surface area (Å²) in [4.78, 5) is 25.2. The Balaban J connectivity index is 1.64. The molecular weight excluding hydrogens is 426 g/mol. The van der Waals surface area contributed by atoms with Crippen LogP contribution >= 0.6 is 0 Å². The Morgan fingerprint density at radius 3 is 2.53 bits per heavy atom. The Morgan fingerprint density at radius 1 is 0.969 bits per heavy atom. The molecule has 0 unspecified atom stereocenters. The monoisotopic (exact) mass is 441 g/mol. The van der Waals surface area contributed by atoms with Crippen LogP contribution in [0.25, 0.3) is 22.2 Å². The first-order valence-corrected chi connectivity index (χ1v) is 9.33. The van der Waals surface area contributed by atoms with E-state index in [0.717, 1.165) is 24.3 Å². The molecule has 6 nitrogen and oxygen atoms in total. The fourth-order valence-electron chi connectivity index (χ4n) is 3.05. The van der Waals surface area contributed by atoms with E-state index in [1.54, 1.807) is 19.3 Å². The lowest BCUT2D eigenvalue weighted by atomic mass is 10.0. The number of carbonyl (C=O) groups excluding carboxylic acids is 1. The summed E-state index contributed by atoms with van der Waals surface area (Å²) in [6.07, 6.45) is -1.46. The molecule has 2 aromatic heterocycles. The summed E-state index contributed by atoms with van der Waals surface area (Å²) in [5.41, 5.74) is 0.202. The van der Waals surface area contributed by atoms with Gasteiger partial charge in [-0.25, -0.2) is 14.4 Å². The van der Waals surface area contributed by atoms with Crippen molar-refractivity contribution < 1.29 is 22.4 Å². The van der Waals surface area contributed by atoms with Gasteiger partial charge in [-0.3, -0.25) is 4.79 Å². The number of fused-ring (bicyclic) bond motifs is 1. The van der Waals surface area contributed by atoms with Crippen molar-refractivity contribution in [2.75, 3.05) is 17.7 Å². The number of hydrogen-bond acceptors (Lipinski definition) is 5. The highest BCUT2D eigenvalue weighted by Gasteiger charge is 2.30. The van der Waals surface area contributed by atoms with Crippen LogP contribution in [0.5, 0.6) is 0 Å². The summed E-state index contributed by atoms with van der Waals surface area (Å²) in [5, 5.41) is 5.76. The summed E-state index contributed by atoms with van der Waals surface area (Å²) >= 11 is 0. The molecular formula is C22H15F4N5O. The van der Waals surface area contributed by atoms with Crippen LogP contribution in [0.2, 0.25) is 0 Å². The molecule has 0 radical (unpaired) electrons. The van der Waals surface area contributed by atoms with Gasteiger partial charge >= 0.3 is 6.18 Å². The lowest BCUT2D eigenvalue weighted by Crippen LogP contribution is -2.15. The van der Waals surface area contributed by atoms with Crippen LogP contribution < -0.4 is 10.6 Å². The third kappa shape index (κ3) is 4.34. The molecule has 4 aromatic rings. The van der Waals surface area contributed by atoms with E-state index >= 15 is 0 Å². The molecule has 0 fully saturated rings. The minimum Gasteiger partial charge on any atom is -0.357 e. The number of nitrogens with one attached hydrogen (secondary N) is 2. The van der Waals surface area contributed by atoms with Crippen LogP contribution in [0.3, 0.4) is 0 Å². The number of alkyl halides is 3. The summed E-state index contributed by atoms with van der Waals surface area (Å²) in [6.45, 7) is 0. The van der Waals surface area contributed by atoms with E-state index in [1.165, 1.54) is 24.4 Å². The molecule has 32 heavy (non-hydrogen) atoms. The quantitative estimate of drug-likeness (QED) is 0.429. The summed E-state index contributed by atoms with van der Waals surface area (Å²) in [5.74, 6) is -1.28. The molecule has 1 amide bonds. The van der Waals surface area contributed by atoms with E-state index in [0.29, 0.717) is 28.1 Å². The van der Waals surface area contributed by atoms with Crippen molar-refractivity contribution in [1.82, 2.24) is 15.0 Å². The average Bonchev–Trinajstić information content (AvgIpc) is 2.78. The summed E-state index contributed by atoms with van der Waals surface area (Å²) < 4.78 is 53.0. The minimum atomic E-state index is -4.56. The molecule has 10 heteroatoms. The smallest absolute Gasteiger partial charge is 0.357 e. The van der Waals surface area contributed by atoms with Gasteiger partial charge < -0.3 is 10.6 Å². The third-order valence-corrected chi connectivity index (χ3v) is 4.65. The standard InChI is InChI=1S/C22H15F4N5O/c1-27-21-29-11-14-7-13(10-28-19(14)31-21)12-5-6-18(23)17(8-12)20(32)30-16-4-2-3-15(9-16)22(24,25)26/h2-11H,1H3,(H,30,32)(H,27,28,29,31). The van der Waals surface area contributed by atoms with Crippen LogP contribution in [-0.2, 0) is 6.18 Å². The van der Waals surface area contributed by atoms with Gasteiger partial charge in [-0.2, -0.15) is 18.2 Å². The van der Waals surface area contributed by atoms with Gasteiger partial charge in [0, 0.05) is 36.1 Å². The zero-order valence-electron chi connectivity index (χ0n) is 16.5. The highest BCUT2D eigenvalue weighted by atomic mass is 19.4. The van der Waals surface area contributed by atoms with Crippen molar-refractivity contribution >= 4 is 28.6 Å². The lowest BCUT2D eigenvalue weighted by molar-refractivity contribution is -0.137. The lowest BCUT2D eigenvalue weighted by Gasteiger charge is -2.11. The van der Waals surface area contributed by atoms with Gasteiger partial charge in [0.2, 0.25) is 5.95 Å². The highest BCUT2D eigenvalue weighted by Crippen LogP contribution is 2.31. The van der Waals surface area contributed by atoms with Crippen molar-refractivity contribution in [2.45, 2.75) is 6.18 Å². The molecule has 0 spiro atoms. The second-order valence-electron chi connectivity index (χ2n) is 6.81. The Hall–Kier alpha value is -4.08. The molecule has 2 heterocycles. The first-order valence-electron chi connectivity index (χ1n) is 9.33. The Labute approximate surface area is 179 Å². The third-order valence-electron chi connectivity index (χ3n) is 4.65. The zero-order valence-corrected chi connectivity index (χ0v) is 16.5. The van der Waals surface area contributed by atoms with E-state index in [2.05, 4.69) is 25.6 Å². The fourth-order valence-corrected chi connectivity index (χ4v) is 3.05. The van der Waals surface area contributed by atoms with Gasteiger partial charge in [0.25, 0.3) is 5.91 Å². The molecule has 0 saturated carbocycles. The maximum absolute atomic E-state index is 14.4. The molecule has 2 N–H and O–H groups in total. The highest BCUT2D eigenvalue weighted by molar-refractivity contribution is 6.05. The molecule has 162 valence electrons. The van der Waals surface area contributed by atoms with E-state index in [9.17, 15) is 22.4 Å². The van der Waals surface area contributed by atoms with Crippen molar-refractivity contribution in [3.63, 3.8) is 0 Å². The predicted molar refractivity (Wildman–Crippen MR) is 112 cm³/mol. The maximum atomic E-state index is 14.4. The number of anilines is 2. The molecule has 0 bridgehead atoms. The Kier molecular flexibility index (Phi) is 5.43. The van der Waals surface area contributed by atoms with Crippen LogP contribution in [0, 0.1) is 5.82 Å². The van der Waals surface area contributed by atoms with E-state index in [-0.39, 0.29) is 11.3 Å². The Bertz CT molecular complexity index is 1320.